The van der Waals surface area contributed by atoms with Gasteiger partial charge < -0.3 is 10.6 Å². The van der Waals surface area contributed by atoms with E-state index in [4.69, 9.17) is 0 Å². The number of piperidine rings is 1. The molecule has 5 nitrogen and oxygen atoms in total. The topological polar surface area (TPSA) is 61.4 Å². The Kier molecular flexibility index (Phi) is 6.58. The first-order valence-electron chi connectivity index (χ1n) is 9.13. The summed E-state index contributed by atoms with van der Waals surface area (Å²) in [6.07, 6.45) is 1.61. The third kappa shape index (κ3) is 5.14. The molecule has 1 aromatic heterocycles. The zero-order chi connectivity index (χ0) is 19.2. The van der Waals surface area contributed by atoms with Crippen LogP contribution in [0.4, 0.5) is 4.39 Å². The molecule has 1 aliphatic rings. The van der Waals surface area contributed by atoms with Crippen molar-refractivity contribution in [1.29, 1.82) is 0 Å². The van der Waals surface area contributed by atoms with Crippen molar-refractivity contribution in [3.63, 3.8) is 0 Å². The molecule has 2 N–H and O–H groups in total. The third-order valence-electron chi connectivity index (χ3n) is 4.99. The van der Waals surface area contributed by atoms with E-state index in [0.717, 1.165) is 25.9 Å². The number of thiophene rings is 1. The SMILES string of the molecule is CC(C(=O)NCc1ccccc1F)N1CCC(NC(=O)c2ccsc2)CC1. The van der Waals surface area contributed by atoms with Gasteiger partial charge in [0, 0.05) is 42.2 Å². The fourth-order valence-electron chi connectivity index (χ4n) is 3.23. The first-order chi connectivity index (χ1) is 13.0. The minimum Gasteiger partial charge on any atom is -0.351 e. The van der Waals surface area contributed by atoms with Gasteiger partial charge in [0.2, 0.25) is 5.91 Å². The fraction of sp³-hybridized carbons (Fsp3) is 0.400. The Morgan fingerprint density at radius 3 is 2.67 bits per heavy atom. The largest absolute Gasteiger partial charge is 0.351 e. The Bertz CT molecular complexity index is 773. The summed E-state index contributed by atoms with van der Waals surface area (Å²) in [4.78, 5) is 26.6. The number of carbonyl (C=O) groups is 2. The first-order valence-corrected chi connectivity index (χ1v) is 10.1. The smallest absolute Gasteiger partial charge is 0.252 e. The van der Waals surface area contributed by atoms with Gasteiger partial charge in [-0.1, -0.05) is 18.2 Å². The number of halogens is 1. The van der Waals surface area contributed by atoms with E-state index >= 15 is 0 Å². The Morgan fingerprint density at radius 1 is 1.26 bits per heavy atom. The van der Waals surface area contributed by atoms with Crippen molar-refractivity contribution in [3.8, 4) is 0 Å². The predicted octanol–water partition coefficient (Wildman–Crippen LogP) is 2.79. The van der Waals surface area contributed by atoms with E-state index in [2.05, 4.69) is 15.5 Å². The molecule has 0 aliphatic carbocycles. The zero-order valence-corrected chi connectivity index (χ0v) is 16.1. The molecule has 1 fully saturated rings. The summed E-state index contributed by atoms with van der Waals surface area (Å²) in [6.45, 7) is 3.52. The maximum Gasteiger partial charge on any atom is 0.252 e. The van der Waals surface area contributed by atoms with Crippen molar-refractivity contribution in [2.75, 3.05) is 13.1 Å². The van der Waals surface area contributed by atoms with Crippen LogP contribution in [0.1, 0.15) is 35.7 Å². The quantitative estimate of drug-likeness (QED) is 0.799. The van der Waals surface area contributed by atoms with Crippen molar-refractivity contribution >= 4 is 23.2 Å². The average molecular weight is 389 g/mol. The van der Waals surface area contributed by atoms with Gasteiger partial charge in [-0.2, -0.15) is 11.3 Å². The number of hydrogen-bond donors (Lipinski definition) is 2. The molecule has 1 atom stereocenters. The van der Waals surface area contributed by atoms with E-state index in [1.165, 1.54) is 17.4 Å². The Hall–Kier alpha value is -2.25. The highest BCUT2D eigenvalue weighted by Crippen LogP contribution is 2.15. The number of likely N-dealkylation sites (tertiary alicyclic amines) is 1. The molecule has 144 valence electrons. The van der Waals surface area contributed by atoms with Gasteiger partial charge in [-0.3, -0.25) is 14.5 Å². The average Bonchev–Trinajstić information content (AvgIpc) is 3.22. The van der Waals surface area contributed by atoms with Crippen LogP contribution < -0.4 is 10.6 Å². The molecule has 2 aromatic rings. The number of carbonyl (C=O) groups excluding carboxylic acids is 2. The van der Waals surface area contributed by atoms with Crippen LogP contribution >= 0.6 is 11.3 Å². The van der Waals surface area contributed by atoms with Gasteiger partial charge in [0.25, 0.3) is 5.91 Å². The Morgan fingerprint density at radius 2 is 2.00 bits per heavy atom. The lowest BCUT2D eigenvalue weighted by Gasteiger charge is -2.35. The lowest BCUT2D eigenvalue weighted by atomic mass is 10.0. The second kappa shape index (κ2) is 9.10. The summed E-state index contributed by atoms with van der Waals surface area (Å²) in [6, 6.07) is 8.10. The van der Waals surface area contributed by atoms with Gasteiger partial charge in [0.1, 0.15) is 5.82 Å². The Labute approximate surface area is 162 Å². The van der Waals surface area contributed by atoms with Gasteiger partial charge in [0.15, 0.2) is 0 Å². The van der Waals surface area contributed by atoms with E-state index < -0.39 is 0 Å². The second-order valence-electron chi connectivity index (χ2n) is 6.78. The molecule has 1 unspecified atom stereocenters. The molecule has 0 bridgehead atoms. The third-order valence-corrected chi connectivity index (χ3v) is 5.67. The minimum absolute atomic E-state index is 0.0367. The maximum atomic E-state index is 13.6. The van der Waals surface area contributed by atoms with E-state index in [-0.39, 0.29) is 36.3 Å². The predicted molar refractivity (Wildman–Crippen MR) is 104 cm³/mol. The zero-order valence-electron chi connectivity index (χ0n) is 15.3. The molecule has 2 heterocycles. The highest BCUT2D eigenvalue weighted by Gasteiger charge is 2.27. The van der Waals surface area contributed by atoms with E-state index in [1.807, 2.05) is 23.8 Å². The van der Waals surface area contributed by atoms with Gasteiger partial charge in [-0.25, -0.2) is 4.39 Å². The summed E-state index contributed by atoms with van der Waals surface area (Å²) in [5.74, 6) is -0.461. The first kappa shape index (κ1) is 19.5. The van der Waals surface area contributed by atoms with Crippen molar-refractivity contribution in [2.24, 2.45) is 0 Å². The summed E-state index contributed by atoms with van der Waals surface area (Å²) in [5, 5.41) is 9.60. The molecular weight excluding hydrogens is 365 g/mol. The van der Waals surface area contributed by atoms with E-state index in [0.29, 0.717) is 11.1 Å². The van der Waals surface area contributed by atoms with Gasteiger partial charge in [-0.05, 0) is 37.3 Å². The van der Waals surface area contributed by atoms with Crippen LogP contribution in [-0.2, 0) is 11.3 Å². The fourth-order valence-corrected chi connectivity index (χ4v) is 3.87. The number of amides is 2. The molecule has 0 saturated carbocycles. The van der Waals surface area contributed by atoms with Gasteiger partial charge in [0.05, 0.1) is 6.04 Å². The molecule has 27 heavy (non-hydrogen) atoms. The van der Waals surface area contributed by atoms with Gasteiger partial charge in [-0.15, -0.1) is 0 Å². The second-order valence-corrected chi connectivity index (χ2v) is 7.56. The minimum atomic E-state index is -0.312. The summed E-state index contributed by atoms with van der Waals surface area (Å²) in [5.41, 5.74) is 1.18. The van der Waals surface area contributed by atoms with Crippen molar-refractivity contribution in [3.05, 3.63) is 58.0 Å². The summed E-state index contributed by atoms with van der Waals surface area (Å²) >= 11 is 1.50. The van der Waals surface area contributed by atoms with Crippen molar-refractivity contribution in [1.82, 2.24) is 15.5 Å². The van der Waals surface area contributed by atoms with Crippen molar-refractivity contribution in [2.45, 2.75) is 38.4 Å². The molecule has 0 radical (unpaired) electrons. The van der Waals surface area contributed by atoms with Crippen LogP contribution in [-0.4, -0.2) is 41.9 Å². The Balaban J connectivity index is 1.43. The lowest BCUT2D eigenvalue weighted by molar-refractivity contribution is -0.126. The lowest BCUT2D eigenvalue weighted by Crippen LogP contribution is -2.51. The molecule has 1 aliphatic heterocycles. The van der Waals surface area contributed by atoms with Gasteiger partial charge >= 0.3 is 0 Å². The molecule has 0 spiro atoms. The monoisotopic (exact) mass is 389 g/mol. The number of nitrogens with one attached hydrogen (secondary N) is 2. The molecule has 1 aromatic carbocycles. The molecule has 2 amide bonds. The summed E-state index contributed by atoms with van der Waals surface area (Å²) in [7, 11) is 0. The molecular formula is C20H24FN3O2S. The van der Waals surface area contributed by atoms with E-state index in [9.17, 15) is 14.0 Å². The standard InChI is InChI=1S/C20H24FN3O2S/c1-14(19(25)22-12-15-4-2-3-5-18(15)21)24-9-6-17(7-10-24)23-20(26)16-8-11-27-13-16/h2-5,8,11,13-14,17H,6-7,9-10,12H2,1H3,(H,22,25)(H,23,26). The number of hydrogen-bond acceptors (Lipinski definition) is 4. The van der Waals surface area contributed by atoms with Crippen LogP contribution in [0.25, 0.3) is 0 Å². The van der Waals surface area contributed by atoms with Crippen LogP contribution in [0, 0.1) is 5.82 Å². The van der Waals surface area contributed by atoms with Crippen LogP contribution in [0.2, 0.25) is 0 Å². The number of benzene rings is 1. The highest BCUT2D eigenvalue weighted by atomic mass is 32.1. The van der Waals surface area contributed by atoms with E-state index in [1.54, 1.807) is 18.2 Å². The number of rotatable bonds is 6. The van der Waals surface area contributed by atoms with Crippen LogP contribution in [0.5, 0.6) is 0 Å². The normalized spacial score (nSPS) is 16.7. The summed E-state index contributed by atoms with van der Waals surface area (Å²) < 4.78 is 13.6. The molecule has 1 saturated heterocycles. The molecule has 3 rings (SSSR count). The van der Waals surface area contributed by atoms with Crippen LogP contribution in [0.3, 0.4) is 0 Å². The maximum absolute atomic E-state index is 13.6. The number of nitrogens with zero attached hydrogens (tertiary/aromatic N) is 1. The van der Waals surface area contributed by atoms with Crippen molar-refractivity contribution < 1.29 is 14.0 Å². The van der Waals surface area contributed by atoms with Crippen LogP contribution in [0.15, 0.2) is 41.1 Å². The molecule has 7 heteroatoms. The highest BCUT2D eigenvalue weighted by molar-refractivity contribution is 7.08.